The predicted molar refractivity (Wildman–Crippen MR) is 265 cm³/mol. The Kier molecular flexibility index (Phi) is 17.1. The first kappa shape index (κ1) is 61.4. The molecule has 9 rings (SSSR count). The summed E-state index contributed by atoms with van der Waals surface area (Å²) in [7, 11) is 0. The lowest BCUT2D eigenvalue weighted by molar-refractivity contribution is -0.396. The Labute approximate surface area is 457 Å². The molecule has 0 amide bonds. The van der Waals surface area contributed by atoms with Crippen molar-refractivity contribution < 1.29 is 124 Å². The van der Waals surface area contributed by atoms with Gasteiger partial charge in [0.25, 0.3) is 0 Å². The maximum absolute atomic E-state index is 14.8. The van der Waals surface area contributed by atoms with Gasteiger partial charge >= 0.3 is 11.9 Å². The van der Waals surface area contributed by atoms with Crippen molar-refractivity contribution in [2.45, 2.75) is 241 Å². The molecule has 0 aromatic heterocycles. The monoisotopic (exact) mass is 1130 g/mol. The summed E-state index contributed by atoms with van der Waals surface area (Å²) in [5, 5.41) is 161. The summed E-state index contributed by atoms with van der Waals surface area (Å²) >= 11 is 0. The van der Waals surface area contributed by atoms with E-state index in [1.807, 2.05) is 27.7 Å². The number of aliphatic hydroxyl groups excluding tert-OH is 14. The van der Waals surface area contributed by atoms with Crippen LogP contribution in [0.4, 0.5) is 0 Å². The van der Waals surface area contributed by atoms with Crippen LogP contribution >= 0.6 is 0 Å². The van der Waals surface area contributed by atoms with E-state index in [4.69, 9.17) is 37.9 Å². The maximum Gasteiger partial charge on any atom is 0.335 e. The SMILES string of the molecule is CC1(C)C[C@H]2C3=CC[C@H]4[C@]5(C)CC[C@H](O[C@H]6O[C@@H](C(=O)O)[C@H](O)[C@@H](O[C@H]7O[C@@H](CO)[C@H](O)[C@@H](O)[C@@H]7O)[C@@H]6O[C@H]6O[C@@H](CO)[C@H](O)[C@@H](O)[C@@H]6O)C(C)(C)[C@H]5CC[C@]4(C)[C@@]3(C)CC[C@]2(C(=O)O[C@H]2O[C@@H](CO)[C@H](O)[C@@H](O)[C@@H]2O)C[C@H]1O. The lowest BCUT2D eigenvalue weighted by Gasteiger charge is -2.71. The van der Waals surface area contributed by atoms with E-state index >= 15 is 0 Å². The fourth-order valence-corrected chi connectivity index (χ4v) is 16.5. The van der Waals surface area contributed by atoms with Crippen LogP contribution in [0.1, 0.15) is 106 Å². The summed E-state index contributed by atoms with van der Waals surface area (Å²) in [5.41, 5.74) is -2.69. The zero-order chi connectivity index (χ0) is 58.0. The number of rotatable bonds is 12. The van der Waals surface area contributed by atoms with Gasteiger partial charge in [0, 0.05) is 0 Å². The number of carboxylic acids is 1. The Balaban J connectivity index is 1.01. The molecule has 0 spiro atoms. The second-order valence-electron chi connectivity index (χ2n) is 26.4. The number of carboxylic acid groups (broad SMARTS) is 1. The fourth-order valence-electron chi connectivity index (χ4n) is 16.5. The number of hydrogen-bond acceptors (Lipinski definition) is 24. The smallest absolute Gasteiger partial charge is 0.335 e. The van der Waals surface area contributed by atoms with Crippen LogP contribution in [0.15, 0.2) is 11.6 Å². The van der Waals surface area contributed by atoms with Crippen LogP contribution in [0, 0.1) is 50.2 Å². The minimum absolute atomic E-state index is 0.0641. The molecule has 29 atom stereocenters. The van der Waals surface area contributed by atoms with Crippen LogP contribution < -0.4 is 0 Å². The van der Waals surface area contributed by atoms with Crippen molar-refractivity contribution in [2.24, 2.45) is 50.2 Å². The summed E-state index contributed by atoms with van der Waals surface area (Å²) in [6.07, 6.45) is -31.5. The van der Waals surface area contributed by atoms with Crippen LogP contribution in [-0.4, -0.2) is 243 Å². The van der Waals surface area contributed by atoms with E-state index in [-0.39, 0.29) is 29.1 Å². The number of aliphatic hydroxyl groups is 14. The fraction of sp³-hybridized carbons (Fsp3) is 0.926. The van der Waals surface area contributed by atoms with Crippen molar-refractivity contribution in [1.82, 2.24) is 0 Å². The number of allylic oxidation sites excluding steroid dienone is 2. The first-order valence-electron chi connectivity index (χ1n) is 27.9. The van der Waals surface area contributed by atoms with E-state index in [0.717, 1.165) is 12.0 Å². The molecule has 25 nitrogen and oxygen atoms in total. The molecule has 0 bridgehead atoms. The highest BCUT2D eigenvalue weighted by Crippen LogP contribution is 2.76. The molecule has 4 heterocycles. The molecule has 4 aliphatic heterocycles. The standard InChI is InChI=1S/C54H86O25/c1-49(2)16-22-21-8-9-27-51(5)12-11-29(50(3,4)26(51)10-13-53(27,7)52(21,6)14-15-54(22,17-28(49)58)48(71)79-46-38(67)35(64)32(61)25(20-57)74-46)75-47-42(78-45-37(66)34(63)31(60)24(19-56)73-45)40(39(68)41(77-47)43(69)70)76-44-36(65)33(62)30(59)23(18-55)72-44/h8,22-42,44-47,55-68H,9-20H2,1-7H3,(H,69,70)/t22-,23-,24-,25-,26+,27-,28+,29-,30-,31-,32-,33+,34+,35+,36-,37-,38-,39+,40+,41+,42-,44+,45+,46+,47-,51+,52-,53-,54-/m0/s1. The van der Waals surface area contributed by atoms with Gasteiger partial charge in [-0.2, -0.15) is 0 Å². The normalized spacial score (nSPS) is 53.3. The lowest BCUT2D eigenvalue weighted by atomic mass is 9.33. The van der Waals surface area contributed by atoms with Crippen LogP contribution in [0.25, 0.3) is 0 Å². The van der Waals surface area contributed by atoms with Crippen molar-refractivity contribution in [3.8, 4) is 0 Å². The van der Waals surface area contributed by atoms with Crippen molar-refractivity contribution in [1.29, 1.82) is 0 Å². The molecule has 4 saturated heterocycles. The van der Waals surface area contributed by atoms with Crippen molar-refractivity contribution in [3.05, 3.63) is 11.6 Å². The molecule has 79 heavy (non-hydrogen) atoms. The van der Waals surface area contributed by atoms with Gasteiger partial charge in [-0.25, -0.2) is 4.79 Å². The lowest BCUT2D eigenvalue weighted by Crippen LogP contribution is -2.69. The highest BCUT2D eigenvalue weighted by atomic mass is 16.8. The van der Waals surface area contributed by atoms with Crippen molar-refractivity contribution in [3.63, 3.8) is 0 Å². The quantitative estimate of drug-likeness (QED) is 0.0527. The number of ether oxygens (including phenoxy) is 8. The minimum atomic E-state index is -2.17. The molecular weight excluding hydrogens is 1050 g/mol. The molecule has 452 valence electrons. The number of aliphatic carboxylic acids is 1. The van der Waals surface area contributed by atoms with Gasteiger partial charge in [-0.3, -0.25) is 4.79 Å². The predicted octanol–water partition coefficient (Wildman–Crippen LogP) is -2.97. The average molecular weight is 1140 g/mol. The Bertz CT molecular complexity index is 2230. The average Bonchev–Trinajstić information content (AvgIpc) is 3.58. The largest absolute Gasteiger partial charge is 0.479 e. The zero-order valence-electron chi connectivity index (χ0n) is 45.8. The summed E-state index contributed by atoms with van der Waals surface area (Å²) in [6, 6.07) is 0. The van der Waals surface area contributed by atoms with E-state index in [0.29, 0.717) is 44.9 Å². The van der Waals surface area contributed by atoms with Gasteiger partial charge in [0.05, 0.1) is 37.4 Å². The van der Waals surface area contributed by atoms with Gasteiger partial charge in [0.15, 0.2) is 25.0 Å². The first-order valence-corrected chi connectivity index (χ1v) is 27.9. The van der Waals surface area contributed by atoms with E-state index in [1.165, 1.54) is 0 Å². The highest BCUT2D eigenvalue weighted by Gasteiger charge is 2.71. The van der Waals surface area contributed by atoms with Gasteiger partial charge in [0.2, 0.25) is 6.29 Å². The Hall–Kier alpha value is -2.16. The van der Waals surface area contributed by atoms with E-state index in [2.05, 4.69) is 26.8 Å². The third-order valence-electron chi connectivity index (χ3n) is 21.6. The molecule has 9 aliphatic rings. The molecule has 0 radical (unpaired) electrons. The minimum Gasteiger partial charge on any atom is -0.479 e. The van der Waals surface area contributed by atoms with Crippen LogP contribution in [0.3, 0.4) is 0 Å². The van der Waals surface area contributed by atoms with E-state index < -0.39 is 194 Å². The second-order valence-corrected chi connectivity index (χ2v) is 26.4. The van der Waals surface area contributed by atoms with Crippen LogP contribution in [0.5, 0.6) is 0 Å². The number of fused-ring (bicyclic) bond motifs is 7. The molecule has 8 fully saturated rings. The number of carbonyl (C=O) groups excluding carboxylic acids is 1. The molecular formula is C54H86O25. The Morgan fingerprint density at radius 1 is 0.557 bits per heavy atom. The molecule has 25 heteroatoms. The van der Waals surface area contributed by atoms with Crippen LogP contribution in [0.2, 0.25) is 0 Å². The summed E-state index contributed by atoms with van der Waals surface area (Å²) < 4.78 is 48.1. The zero-order valence-corrected chi connectivity index (χ0v) is 45.8. The molecule has 15 N–H and O–H groups in total. The van der Waals surface area contributed by atoms with E-state index in [1.54, 1.807) is 0 Å². The third-order valence-corrected chi connectivity index (χ3v) is 21.6. The Morgan fingerprint density at radius 2 is 1.08 bits per heavy atom. The van der Waals surface area contributed by atoms with Gasteiger partial charge in [-0.15, -0.1) is 0 Å². The maximum atomic E-state index is 14.8. The number of hydrogen-bond donors (Lipinski definition) is 15. The summed E-state index contributed by atoms with van der Waals surface area (Å²) in [5.74, 6) is -2.78. The van der Waals surface area contributed by atoms with E-state index in [9.17, 15) is 86.2 Å². The van der Waals surface area contributed by atoms with Gasteiger partial charge in [-0.05, 0) is 103 Å². The van der Waals surface area contributed by atoms with Crippen molar-refractivity contribution >= 4 is 11.9 Å². The number of esters is 1. The highest BCUT2D eigenvalue weighted by molar-refractivity contribution is 5.79. The first-order chi connectivity index (χ1) is 36.9. The molecule has 0 unspecified atom stereocenters. The van der Waals surface area contributed by atoms with Crippen molar-refractivity contribution in [2.75, 3.05) is 19.8 Å². The van der Waals surface area contributed by atoms with Gasteiger partial charge in [0.1, 0.15) is 91.6 Å². The molecule has 0 aromatic rings. The summed E-state index contributed by atoms with van der Waals surface area (Å²) in [6.45, 7) is 12.5. The molecule has 5 aliphatic carbocycles. The second kappa shape index (κ2) is 22.0. The van der Waals surface area contributed by atoms with Gasteiger partial charge in [-0.1, -0.05) is 60.1 Å². The summed E-state index contributed by atoms with van der Waals surface area (Å²) in [4.78, 5) is 27.7. The van der Waals surface area contributed by atoms with Gasteiger partial charge < -0.3 is 114 Å². The molecule has 0 aromatic carbocycles. The molecule has 4 saturated carbocycles. The third kappa shape index (κ3) is 9.85. The number of carbonyl (C=O) groups is 2. The topological polar surface area (TPSA) is 411 Å². The van der Waals surface area contributed by atoms with Crippen LogP contribution in [-0.2, 0) is 47.5 Å². The Morgan fingerprint density at radius 3 is 1.61 bits per heavy atom.